The van der Waals surface area contributed by atoms with Gasteiger partial charge in [0.15, 0.2) is 0 Å². The smallest absolute Gasteiger partial charge is 0.0788 e. The summed E-state index contributed by atoms with van der Waals surface area (Å²) in [6.07, 6.45) is 0. The summed E-state index contributed by atoms with van der Waals surface area (Å²) in [5, 5.41) is 0. The molecule has 0 rings (SSSR count). The van der Waals surface area contributed by atoms with E-state index >= 15 is 0 Å². The maximum atomic E-state index is 5.14. The van der Waals surface area contributed by atoms with E-state index in [1.165, 1.54) is 0 Å². The highest BCUT2D eigenvalue weighted by atomic mass is 35.6. The first kappa shape index (κ1) is 19.0. The maximum Gasteiger partial charge on any atom is 0.236 e. The van der Waals surface area contributed by atoms with E-state index < -0.39 is 7.59 Å². The van der Waals surface area contributed by atoms with E-state index in [1.54, 1.807) is 0 Å². The van der Waals surface area contributed by atoms with Gasteiger partial charge in [-0.25, -0.2) is 0 Å². The Hall–Kier alpha value is 2.64. The zero-order valence-electron chi connectivity index (χ0n) is 5.78. The van der Waals surface area contributed by atoms with Crippen molar-refractivity contribution in [2.45, 2.75) is 7.59 Å². The molecule has 0 aromatic heterocycles. The number of halogens is 10. The van der Waals surface area contributed by atoms with Crippen molar-refractivity contribution in [3.63, 3.8) is 0 Å². The van der Waals surface area contributed by atoms with Crippen LogP contribution in [0.4, 0.5) is 0 Å². The highest BCUT2D eigenvalue weighted by Gasteiger charge is 2.43. The van der Waals surface area contributed by atoms with Crippen LogP contribution in [-0.4, -0.2) is 7.59 Å². The van der Waals surface area contributed by atoms with Crippen LogP contribution in [0.3, 0.4) is 0 Å². The van der Waals surface area contributed by atoms with Crippen molar-refractivity contribution in [2.75, 3.05) is 0 Å². The first-order chi connectivity index (χ1) is 5.89. The van der Waals surface area contributed by atoms with Gasteiger partial charge in [0.05, 0.1) is 0 Å². The highest BCUT2D eigenvalue weighted by molar-refractivity contribution is 6.83. The van der Waals surface area contributed by atoms with Gasteiger partial charge >= 0.3 is 0 Å². The molecule has 0 heterocycles. The first-order valence-electron chi connectivity index (χ1n) is 2.39. The first-order valence-corrected chi connectivity index (χ1v) is 6.17. The normalized spacial score (nSPS) is 11.6. The van der Waals surface area contributed by atoms with E-state index in [-0.39, 0.29) is 8.98 Å². The fraction of sp³-hybridized carbons (Fsp3) is 0.500. The Labute approximate surface area is 131 Å². The molecule has 14 heavy (non-hydrogen) atoms. The van der Waals surface area contributed by atoms with Crippen molar-refractivity contribution in [3.05, 3.63) is 8.98 Å². The molecule has 0 aliphatic heterocycles. The van der Waals surface area contributed by atoms with Crippen LogP contribution in [0.2, 0.25) is 0 Å². The van der Waals surface area contributed by atoms with Gasteiger partial charge in [0.2, 0.25) is 7.59 Å². The molecule has 0 aromatic carbocycles. The van der Waals surface area contributed by atoms with Gasteiger partial charge < -0.3 is 0 Å². The molecular weight excluding hydrogens is 403 g/mol. The number of hydrogen-bond donors (Lipinski definition) is 0. The van der Waals surface area contributed by atoms with Crippen LogP contribution in [0, 0.1) is 0 Å². The van der Waals surface area contributed by atoms with Gasteiger partial charge in [-0.15, -0.1) is 0 Å². The van der Waals surface area contributed by atoms with E-state index in [2.05, 4.69) is 0 Å². The van der Waals surface area contributed by atoms with Gasteiger partial charge in [-0.2, -0.15) is 0 Å². The monoisotopic (exact) mass is 398 g/mol. The van der Waals surface area contributed by atoms with Crippen molar-refractivity contribution >= 4 is 116 Å². The number of rotatable bonds is 0. The average Bonchev–Trinajstić information content (AvgIpc) is 1.83. The Morgan fingerprint density at radius 3 is 0.643 bits per heavy atom. The lowest BCUT2D eigenvalue weighted by molar-refractivity contribution is 1.10. The molecule has 0 amide bonds. The molecule has 0 nitrogen and oxygen atoms in total. The van der Waals surface area contributed by atoms with Gasteiger partial charge in [-0.1, -0.05) is 116 Å². The van der Waals surface area contributed by atoms with Crippen LogP contribution in [0.1, 0.15) is 0 Å². The predicted molar refractivity (Wildman–Crippen MR) is 71.0 cm³/mol. The molecule has 0 aromatic rings. The van der Waals surface area contributed by atoms with Crippen molar-refractivity contribution in [1.82, 2.24) is 0 Å². The van der Waals surface area contributed by atoms with Crippen LogP contribution in [0.5, 0.6) is 0 Å². The van der Waals surface area contributed by atoms with Crippen molar-refractivity contribution in [2.24, 2.45) is 0 Å². The Morgan fingerprint density at radius 2 is 0.643 bits per heavy atom. The van der Waals surface area contributed by atoms with E-state index in [9.17, 15) is 0 Å². The SMILES string of the molecule is ClC(Cl)(Cl)C(Cl)(Cl)Cl.ClC(Cl)=C(Cl)Cl. The topological polar surface area (TPSA) is 0 Å². The summed E-state index contributed by atoms with van der Waals surface area (Å²) in [5.41, 5.74) is 0. The minimum atomic E-state index is -1.85. The standard InChI is InChI=1S/C2Cl6.C2Cl4/c3-1(4,5)2(6,7)8;3-1(4)2(5)6. The zero-order valence-corrected chi connectivity index (χ0v) is 13.3. The van der Waals surface area contributed by atoms with Crippen molar-refractivity contribution < 1.29 is 0 Å². The molecule has 0 N–H and O–H groups in total. The molecule has 0 saturated carbocycles. The lowest BCUT2D eigenvalue weighted by Crippen LogP contribution is -2.23. The lowest BCUT2D eigenvalue weighted by Gasteiger charge is -2.19. The predicted octanol–water partition coefficient (Wildman–Crippen LogP) is 6.79. The summed E-state index contributed by atoms with van der Waals surface area (Å²) < 4.78 is -3.90. The highest BCUT2D eigenvalue weighted by Crippen LogP contribution is 2.48. The van der Waals surface area contributed by atoms with Crippen LogP contribution in [-0.2, 0) is 0 Å². The molecule has 0 aliphatic carbocycles. The summed E-state index contributed by atoms with van der Waals surface area (Å²) in [6.45, 7) is 0. The summed E-state index contributed by atoms with van der Waals surface area (Å²) in [5.74, 6) is 0. The van der Waals surface area contributed by atoms with E-state index in [0.29, 0.717) is 0 Å². The third kappa shape index (κ3) is 11.1. The van der Waals surface area contributed by atoms with Gasteiger partial charge in [0.1, 0.15) is 8.98 Å². The molecule has 86 valence electrons. The molecule has 0 radical (unpaired) electrons. The largest absolute Gasteiger partial charge is 0.236 e. The van der Waals surface area contributed by atoms with Gasteiger partial charge in [-0.3, -0.25) is 0 Å². The third-order valence-corrected chi connectivity index (χ3v) is 4.18. The van der Waals surface area contributed by atoms with Gasteiger partial charge in [0, 0.05) is 0 Å². The molecule has 10 heteroatoms. The van der Waals surface area contributed by atoms with Crippen LogP contribution in [0.25, 0.3) is 0 Å². The number of hydrogen-bond acceptors (Lipinski definition) is 0. The minimum absolute atomic E-state index is 0.0988. The van der Waals surface area contributed by atoms with E-state index in [1.807, 2.05) is 0 Å². The summed E-state index contributed by atoms with van der Waals surface area (Å²) in [7, 11) is 0. The maximum absolute atomic E-state index is 5.14. The molecule has 0 atom stereocenters. The fourth-order valence-electron chi connectivity index (χ4n) is 0. The zero-order chi connectivity index (χ0) is 12.2. The average molecular weight is 403 g/mol. The Kier molecular flexibility index (Phi) is 10.7. The van der Waals surface area contributed by atoms with Crippen LogP contribution in [0.15, 0.2) is 8.98 Å². The van der Waals surface area contributed by atoms with Crippen molar-refractivity contribution in [1.29, 1.82) is 0 Å². The minimum Gasteiger partial charge on any atom is -0.0788 e. The third-order valence-electron chi connectivity index (χ3n) is 0.464. The second-order valence-electron chi connectivity index (χ2n) is 1.52. The van der Waals surface area contributed by atoms with Crippen LogP contribution < -0.4 is 0 Å². The molecule has 0 fully saturated rings. The summed E-state index contributed by atoms with van der Waals surface area (Å²) in [6, 6.07) is 0. The lowest BCUT2D eigenvalue weighted by atomic mass is 10.9. The Morgan fingerprint density at radius 1 is 0.500 bits per heavy atom. The van der Waals surface area contributed by atoms with Crippen LogP contribution >= 0.6 is 116 Å². The van der Waals surface area contributed by atoms with Crippen molar-refractivity contribution in [3.8, 4) is 0 Å². The molecular formula is C4Cl10. The molecule has 0 saturated heterocycles. The molecule has 0 aliphatic rings. The van der Waals surface area contributed by atoms with E-state index in [4.69, 9.17) is 116 Å². The summed E-state index contributed by atoms with van der Waals surface area (Å²) >= 11 is 50.8. The Bertz CT molecular complexity index is 163. The molecule has 0 unspecified atom stereocenters. The Balaban J connectivity index is 0. The van der Waals surface area contributed by atoms with Gasteiger partial charge in [0.25, 0.3) is 0 Å². The molecule has 0 spiro atoms. The fourth-order valence-corrected chi connectivity index (χ4v) is 0. The molecule has 0 bridgehead atoms. The second kappa shape index (κ2) is 7.87. The summed E-state index contributed by atoms with van der Waals surface area (Å²) in [4.78, 5) is 0. The quantitative estimate of drug-likeness (QED) is 0.391. The second-order valence-corrected chi connectivity index (χ2v) is 7.98. The van der Waals surface area contributed by atoms with E-state index in [0.717, 1.165) is 0 Å². The number of alkyl halides is 6. The van der Waals surface area contributed by atoms with Gasteiger partial charge in [-0.05, 0) is 0 Å².